The second-order valence-electron chi connectivity index (χ2n) is 6.22. The maximum absolute atomic E-state index is 10.6. The molecule has 4 nitrogen and oxygen atoms in total. The zero-order valence-corrected chi connectivity index (χ0v) is 12.0. The molecule has 104 valence electrons. The molecule has 1 aliphatic rings. The molecule has 2 atom stereocenters. The molecule has 0 bridgehead atoms. The zero-order valence-electron chi connectivity index (χ0n) is 12.0. The average Bonchev–Trinajstić information content (AvgIpc) is 2.89. The van der Waals surface area contributed by atoms with Gasteiger partial charge < -0.3 is 5.11 Å². The summed E-state index contributed by atoms with van der Waals surface area (Å²) in [7, 11) is 0. The van der Waals surface area contributed by atoms with E-state index >= 15 is 0 Å². The molecule has 0 amide bonds. The third-order valence-corrected chi connectivity index (χ3v) is 3.54. The zero-order chi connectivity index (χ0) is 13.9. The van der Waals surface area contributed by atoms with Crippen LogP contribution in [-0.2, 0) is 0 Å². The van der Waals surface area contributed by atoms with Crippen molar-refractivity contribution in [1.82, 2.24) is 14.8 Å². The van der Waals surface area contributed by atoms with Gasteiger partial charge in [0.15, 0.2) is 0 Å². The summed E-state index contributed by atoms with van der Waals surface area (Å²) in [4.78, 5) is 4.00. The molecule has 0 spiro atoms. The van der Waals surface area contributed by atoms with E-state index in [1.165, 1.54) is 11.9 Å². The van der Waals surface area contributed by atoms with Crippen LogP contribution in [0.1, 0.15) is 46.1 Å². The van der Waals surface area contributed by atoms with Crippen molar-refractivity contribution in [3.05, 3.63) is 36.5 Å². The highest BCUT2D eigenvalue weighted by Gasteiger charge is 2.31. The number of aliphatic hydroxyl groups is 1. The number of aliphatic hydroxyl groups excluding tert-OH is 1. The highest BCUT2D eigenvalue weighted by Crippen LogP contribution is 2.31. The van der Waals surface area contributed by atoms with Gasteiger partial charge in [0.2, 0.25) is 0 Å². The third kappa shape index (κ3) is 3.53. The number of aromatic nitrogens is 3. The van der Waals surface area contributed by atoms with Crippen LogP contribution in [0.4, 0.5) is 0 Å². The number of hydrogen-bond acceptors (Lipinski definition) is 3. The minimum absolute atomic E-state index is 0.149. The minimum atomic E-state index is -0.493. The van der Waals surface area contributed by atoms with Crippen molar-refractivity contribution >= 4 is 0 Å². The van der Waals surface area contributed by atoms with E-state index in [9.17, 15) is 5.11 Å². The van der Waals surface area contributed by atoms with E-state index in [4.69, 9.17) is 0 Å². The fourth-order valence-corrected chi connectivity index (χ4v) is 2.31. The predicted octanol–water partition coefficient (Wildman–Crippen LogP) is 2.89. The van der Waals surface area contributed by atoms with Gasteiger partial charge in [-0.3, -0.25) is 0 Å². The van der Waals surface area contributed by atoms with Crippen molar-refractivity contribution in [2.75, 3.05) is 0 Å². The summed E-state index contributed by atoms with van der Waals surface area (Å²) in [5.74, 6) is 0. The SMILES string of the molecule is CC(C)(C)C(O)C(C=C1CC=CCC1)n1cncn1. The quantitative estimate of drug-likeness (QED) is 0.851. The minimum Gasteiger partial charge on any atom is -0.390 e. The summed E-state index contributed by atoms with van der Waals surface area (Å²) >= 11 is 0. The number of nitrogens with zero attached hydrogens (tertiary/aromatic N) is 3. The molecule has 0 aliphatic heterocycles. The Hall–Kier alpha value is -1.42. The Morgan fingerprint density at radius 3 is 2.68 bits per heavy atom. The molecule has 2 unspecified atom stereocenters. The Labute approximate surface area is 114 Å². The van der Waals surface area contributed by atoms with Crippen LogP contribution < -0.4 is 0 Å². The highest BCUT2D eigenvalue weighted by molar-refractivity contribution is 5.16. The molecule has 1 aromatic rings. The van der Waals surface area contributed by atoms with Crippen LogP contribution in [0.25, 0.3) is 0 Å². The summed E-state index contributed by atoms with van der Waals surface area (Å²) in [6, 6.07) is -0.149. The van der Waals surface area contributed by atoms with Gasteiger partial charge in [-0.25, -0.2) is 9.67 Å². The van der Waals surface area contributed by atoms with Crippen LogP contribution in [-0.4, -0.2) is 26.0 Å². The van der Waals surface area contributed by atoms with Gasteiger partial charge in [-0.1, -0.05) is 44.6 Å². The summed E-state index contributed by atoms with van der Waals surface area (Å²) in [5, 5.41) is 14.8. The van der Waals surface area contributed by atoms with Gasteiger partial charge >= 0.3 is 0 Å². The summed E-state index contributed by atoms with van der Waals surface area (Å²) in [6.07, 6.45) is 12.4. The van der Waals surface area contributed by atoms with Gasteiger partial charge in [0.05, 0.1) is 12.1 Å². The van der Waals surface area contributed by atoms with Crippen molar-refractivity contribution in [2.24, 2.45) is 5.41 Å². The first-order valence-electron chi connectivity index (χ1n) is 6.85. The van der Waals surface area contributed by atoms with Crippen LogP contribution in [0.15, 0.2) is 36.5 Å². The lowest BCUT2D eigenvalue weighted by Crippen LogP contribution is -2.35. The van der Waals surface area contributed by atoms with Gasteiger partial charge in [-0.2, -0.15) is 5.10 Å². The molecule has 1 aromatic heterocycles. The molecule has 1 aliphatic carbocycles. The number of rotatable bonds is 3. The fraction of sp³-hybridized carbons (Fsp3) is 0.600. The van der Waals surface area contributed by atoms with Gasteiger partial charge in [-0.15, -0.1) is 0 Å². The number of hydrogen-bond donors (Lipinski definition) is 1. The standard InChI is InChI=1S/C15H23N3O/c1-15(2,3)14(19)13(18-11-16-10-17-18)9-12-7-5-4-6-8-12/h4-5,9-11,13-14,19H,6-8H2,1-3H3. The molecule has 1 N–H and O–H groups in total. The second-order valence-corrected chi connectivity index (χ2v) is 6.22. The van der Waals surface area contributed by atoms with Gasteiger partial charge in [-0.05, 0) is 24.7 Å². The van der Waals surface area contributed by atoms with Gasteiger partial charge in [0.25, 0.3) is 0 Å². The van der Waals surface area contributed by atoms with Crippen LogP contribution in [0.5, 0.6) is 0 Å². The average molecular weight is 261 g/mol. The molecule has 0 aromatic carbocycles. The molecular weight excluding hydrogens is 238 g/mol. The van der Waals surface area contributed by atoms with E-state index in [1.54, 1.807) is 11.0 Å². The number of allylic oxidation sites excluding steroid dienone is 3. The first kappa shape index (κ1) is 14.0. The highest BCUT2D eigenvalue weighted by atomic mass is 16.3. The summed E-state index contributed by atoms with van der Waals surface area (Å²) in [6.45, 7) is 6.13. The molecule has 2 rings (SSSR count). The maximum atomic E-state index is 10.6. The van der Waals surface area contributed by atoms with Crippen LogP contribution in [0.2, 0.25) is 0 Å². The van der Waals surface area contributed by atoms with Crippen LogP contribution >= 0.6 is 0 Å². The smallest absolute Gasteiger partial charge is 0.137 e. The Balaban J connectivity index is 2.27. The summed E-state index contributed by atoms with van der Waals surface area (Å²) in [5.41, 5.74) is 1.17. The molecule has 19 heavy (non-hydrogen) atoms. The largest absolute Gasteiger partial charge is 0.390 e. The first-order valence-corrected chi connectivity index (χ1v) is 6.85. The van der Waals surface area contributed by atoms with E-state index in [1.807, 2.05) is 20.8 Å². The lowest BCUT2D eigenvalue weighted by Gasteiger charge is -2.32. The predicted molar refractivity (Wildman–Crippen MR) is 75.6 cm³/mol. The molecule has 0 radical (unpaired) electrons. The van der Waals surface area contributed by atoms with Gasteiger partial charge in [0, 0.05) is 0 Å². The van der Waals surface area contributed by atoms with Crippen molar-refractivity contribution in [2.45, 2.75) is 52.2 Å². The Morgan fingerprint density at radius 1 is 1.37 bits per heavy atom. The summed E-state index contributed by atoms with van der Waals surface area (Å²) < 4.78 is 1.75. The monoisotopic (exact) mass is 261 g/mol. The van der Waals surface area contributed by atoms with Crippen molar-refractivity contribution in [3.8, 4) is 0 Å². The van der Waals surface area contributed by atoms with Crippen molar-refractivity contribution < 1.29 is 5.11 Å². The topological polar surface area (TPSA) is 50.9 Å². The van der Waals surface area contributed by atoms with E-state index in [0.717, 1.165) is 19.3 Å². The lowest BCUT2D eigenvalue weighted by atomic mass is 9.83. The van der Waals surface area contributed by atoms with Crippen molar-refractivity contribution in [3.63, 3.8) is 0 Å². The molecule has 0 saturated carbocycles. The Morgan fingerprint density at radius 2 is 2.16 bits per heavy atom. The molecule has 1 heterocycles. The molecule has 0 fully saturated rings. The van der Waals surface area contributed by atoms with E-state index < -0.39 is 6.10 Å². The third-order valence-electron chi connectivity index (χ3n) is 3.54. The van der Waals surface area contributed by atoms with E-state index in [2.05, 4.69) is 28.3 Å². The van der Waals surface area contributed by atoms with Crippen LogP contribution in [0, 0.1) is 5.41 Å². The molecular formula is C15H23N3O. The fourth-order valence-electron chi connectivity index (χ4n) is 2.31. The lowest BCUT2D eigenvalue weighted by molar-refractivity contribution is 0.0281. The van der Waals surface area contributed by atoms with Crippen LogP contribution in [0.3, 0.4) is 0 Å². The maximum Gasteiger partial charge on any atom is 0.137 e. The Kier molecular flexibility index (Phi) is 4.20. The normalized spacial score (nSPS) is 21.6. The second kappa shape index (κ2) is 5.70. The van der Waals surface area contributed by atoms with E-state index in [-0.39, 0.29) is 11.5 Å². The molecule has 0 saturated heterocycles. The van der Waals surface area contributed by atoms with E-state index in [0.29, 0.717) is 0 Å². The molecule has 4 heteroatoms. The van der Waals surface area contributed by atoms with Gasteiger partial charge in [0.1, 0.15) is 12.7 Å². The van der Waals surface area contributed by atoms with Crippen molar-refractivity contribution in [1.29, 1.82) is 0 Å². The first-order chi connectivity index (χ1) is 8.98. The Bertz CT molecular complexity index is 454.